The molecular formula is C45H27N3O2. The van der Waals surface area contributed by atoms with Crippen LogP contribution in [0.5, 0.6) is 0 Å². The fourth-order valence-electron chi connectivity index (χ4n) is 6.17. The van der Waals surface area contributed by atoms with Crippen molar-refractivity contribution in [3.8, 4) is 56.4 Å². The summed E-state index contributed by atoms with van der Waals surface area (Å²) >= 11 is 0. The molecular weight excluding hydrogens is 615 g/mol. The van der Waals surface area contributed by atoms with E-state index >= 15 is 0 Å². The molecule has 0 aliphatic heterocycles. The minimum Gasteiger partial charge on any atom is -0.456 e. The summed E-state index contributed by atoms with van der Waals surface area (Å²) in [5, 5.41) is 1.51. The highest BCUT2D eigenvalue weighted by atomic mass is 16.3. The molecule has 0 fully saturated rings. The van der Waals surface area contributed by atoms with Crippen LogP contribution >= 0.6 is 0 Å². The molecule has 0 atom stereocenters. The molecule has 5 heteroatoms. The summed E-state index contributed by atoms with van der Waals surface area (Å²) in [5.74, 6) is 0.219. The predicted octanol–water partition coefficient (Wildman–Crippen LogP) is 12.0. The van der Waals surface area contributed by atoms with Gasteiger partial charge < -0.3 is 8.83 Å². The van der Waals surface area contributed by atoms with Crippen LogP contribution in [-0.4, -0.2) is 15.0 Å². The van der Waals surface area contributed by atoms with Crippen LogP contribution < -0.4 is 0 Å². The molecule has 3 aromatic heterocycles. The first kappa shape index (κ1) is 19.2. The third-order valence-electron chi connectivity index (χ3n) is 8.57. The number of hydrogen-bond donors (Lipinski definition) is 0. The van der Waals surface area contributed by atoms with Crippen molar-refractivity contribution in [2.75, 3.05) is 0 Å². The van der Waals surface area contributed by atoms with Crippen molar-refractivity contribution in [1.29, 1.82) is 0 Å². The molecule has 0 saturated heterocycles. The number of fused-ring (bicyclic) bond motifs is 6. The van der Waals surface area contributed by atoms with Crippen molar-refractivity contribution in [2.45, 2.75) is 0 Å². The second-order valence-corrected chi connectivity index (χ2v) is 11.6. The summed E-state index contributed by atoms with van der Waals surface area (Å²) in [5.41, 5.74) is 2.64. The average Bonchev–Trinajstić information content (AvgIpc) is 3.87. The van der Waals surface area contributed by atoms with Gasteiger partial charge in [-0.2, -0.15) is 0 Å². The van der Waals surface area contributed by atoms with Crippen molar-refractivity contribution in [3.05, 3.63) is 164 Å². The topological polar surface area (TPSA) is 65.0 Å². The van der Waals surface area contributed by atoms with Gasteiger partial charge >= 0.3 is 0 Å². The largest absolute Gasteiger partial charge is 0.456 e. The standard InChI is InChI=1S/C45H27N3O2/c1-3-10-28(11-4-1)30-18-20-31(21-19-30)43-46-44(33-22-24-35-34-14-7-8-16-38(34)50-41(35)27-33)48-45(47-43)36-15-9-17-40-42(36)37-26-32(23-25-39(37)49-40)29-12-5-2-6-13-29/h1-27H/i2D,5D,6D,9D,12D,13D,15D,17D,23D,25D,26D. The number of furan rings is 2. The van der Waals surface area contributed by atoms with E-state index in [1.165, 1.54) is 0 Å². The van der Waals surface area contributed by atoms with Crippen molar-refractivity contribution < 1.29 is 23.9 Å². The third kappa shape index (κ3) is 4.75. The number of para-hydroxylation sites is 1. The Labute approximate surface area is 302 Å². The zero-order valence-electron chi connectivity index (χ0n) is 36.9. The van der Waals surface area contributed by atoms with E-state index in [9.17, 15) is 2.74 Å². The van der Waals surface area contributed by atoms with E-state index in [1.807, 2.05) is 91.0 Å². The van der Waals surface area contributed by atoms with Crippen LogP contribution in [0.1, 0.15) is 15.1 Å². The first-order valence-corrected chi connectivity index (χ1v) is 15.7. The molecule has 0 N–H and O–H groups in total. The summed E-state index contributed by atoms with van der Waals surface area (Å²) < 4.78 is 109. The van der Waals surface area contributed by atoms with Crippen LogP contribution in [-0.2, 0) is 0 Å². The molecule has 0 aliphatic carbocycles. The highest BCUT2D eigenvalue weighted by Gasteiger charge is 2.19. The van der Waals surface area contributed by atoms with Gasteiger partial charge in [0, 0.05) is 38.2 Å². The number of rotatable bonds is 5. The second-order valence-electron chi connectivity index (χ2n) is 11.6. The summed E-state index contributed by atoms with van der Waals surface area (Å²) in [4.78, 5) is 14.6. The average molecular weight is 653 g/mol. The van der Waals surface area contributed by atoms with Gasteiger partial charge in [-0.3, -0.25) is 0 Å². The molecule has 234 valence electrons. The van der Waals surface area contributed by atoms with E-state index in [0.29, 0.717) is 22.3 Å². The van der Waals surface area contributed by atoms with Crippen LogP contribution in [0.4, 0.5) is 0 Å². The van der Waals surface area contributed by atoms with Crippen LogP contribution in [0, 0.1) is 0 Å². The van der Waals surface area contributed by atoms with E-state index in [2.05, 4.69) is 0 Å². The highest BCUT2D eigenvalue weighted by Crippen LogP contribution is 2.39. The van der Waals surface area contributed by atoms with Crippen molar-refractivity contribution in [2.24, 2.45) is 0 Å². The van der Waals surface area contributed by atoms with Gasteiger partial charge in [-0.1, -0.05) is 127 Å². The van der Waals surface area contributed by atoms with Gasteiger partial charge in [0.1, 0.15) is 22.3 Å². The van der Waals surface area contributed by atoms with E-state index in [-0.39, 0.29) is 45.0 Å². The Morgan fingerprint density at radius 2 is 1.08 bits per heavy atom. The van der Waals surface area contributed by atoms with Gasteiger partial charge in [0.05, 0.1) is 15.1 Å². The lowest BCUT2D eigenvalue weighted by Gasteiger charge is -2.10. The summed E-state index contributed by atoms with van der Waals surface area (Å²) in [6, 6.07) is 23.7. The summed E-state index contributed by atoms with van der Waals surface area (Å²) in [6.45, 7) is 0. The molecule has 50 heavy (non-hydrogen) atoms. The number of benzene rings is 7. The van der Waals surface area contributed by atoms with Gasteiger partial charge in [-0.25, -0.2) is 15.0 Å². The van der Waals surface area contributed by atoms with E-state index in [4.69, 9.17) is 36.1 Å². The Morgan fingerprint density at radius 1 is 0.400 bits per heavy atom. The molecule has 0 amide bonds. The smallest absolute Gasteiger partial charge is 0.164 e. The highest BCUT2D eigenvalue weighted by molar-refractivity contribution is 6.13. The molecule has 10 aromatic rings. The first-order chi connectivity index (χ1) is 29.3. The van der Waals surface area contributed by atoms with Crippen molar-refractivity contribution in [3.63, 3.8) is 0 Å². The van der Waals surface area contributed by atoms with Gasteiger partial charge in [0.2, 0.25) is 0 Å². The Morgan fingerprint density at radius 3 is 1.94 bits per heavy atom. The molecule has 7 aromatic carbocycles. The van der Waals surface area contributed by atoms with Crippen molar-refractivity contribution >= 4 is 43.9 Å². The van der Waals surface area contributed by atoms with Crippen LogP contribution in [0.25, 0.3) is 100 Å². The van der Waals surface area contributed by atoms with E-state index in [0.717, 1.165) is 21.9 Å². The maximum atomic E-state index is 9.49. The Kier molecular flexibility index (Phi) is 4.38. The first-order valence-electron chi connectivity index (χ1n) is 21.2. The third-order valence-corrected chi connectivity index (χ3v) is 8.57. The Bertz CT molecular complexity index is 3470. The van der Waals surface area contributed by atoms with E-state index < -0.39 is 77.6 Å². The van der Waals surface area contributed by atoms with Crippen molar-refractivity contribution in [1.82, 2.24) is 15.0 Å². The predicted molar refractivity (Wildman–Crippen MR) is 202 cm³/mol. The summed E-state index contributed by atoms with van der Waals surface area (Å²) in [7, 11) is 0. The molecule has 0 unspecified atom stereocenters. The SMILES string of the molecule is [2H]c1c([2H])c([2H])c(-c2c([2H])c([2H])c3oc4c([2H])c([2H])c([2H])c(-c5nc(-c6ccc(-c7ccccc7)cc6)nc(-c6ccc7c(c6)oc6ccccc67)n5)c4c3c2[2H])c([2H])c1[2H]. The molecule has 0 bridgehead atoms. The molecule has 0 spiro atoms. The van der Waals surface area contributed by atoms with Gasteiger partial charge in [0.25, 0.3) is 0 Å². The fraction of sp³-hybridized carbons (Fsp3) is 0. The molecule has 5 nitrogen and oxygen atoms in total. The van der Waals surface area contributed by atoms with Gasteiger partial charge in [0.15, 0.2) is 17.5 Å². The van der Waals surface area contributed by atoms with Gasteiger partial charge in [-0.05, 0) is 58.6 Å². The lowest BCUT2D eigenvalue weighted by molar-refractivity contribution is 0.668. The van der Waals surface area contributed by atoms with Crippen LogP contribution in [0.15, 0.2) is 172 Å². The summed E-state index contributed by atoms with van der Waals surface area (Å²) in [6.07, 6.45) is 0. The lowest BCUT2D eigenvalue weighted by Crippen LogP contribution is -2.00. The monoisotopic (exact) mass is 652 g/mol. The molecule has 10 rings (SSSR count). The number of nitrogens with zero attached hydrogens (tertiary/aromatic N) is 3. The van der Waals surface area contributed by atoms with Gasteiger partial charge in [-0.15, -0.1) is 0 Å². The molecule has 0 aliphatic rings. The minimum atomic E-state index is -0.692. The fourth-order valence-corrected chi connectivity index (χ4v) is 6.17. The minimum absolute atomic E-state index is 0.0941. The molecule has 3 heterocycles. The second kappa shape index (κ2) is 11.4. The maximum Gasteiger partial charge on any atom is 0.164 e. The Hall–Kier alpha value is -6.85. The molecule has 0 radical (unpaired) electrons. The lowest BCUT2D eigenvalue weighted by atomic mass is 10.0. The van der Waals surface area contributed by atoms with E-state index in [1.54, 1.807) is 6.07 Å². The quantitative estimate of drug-likeness (QED) is 0.185. The van der Waals surface area contributed by atoms with Crippen LogP contribution in [0.3, 0.4) is 0 Å². The zero-order valence-corrected chi connectivity index (χ0v) is 25.9. The molecule has 0 saturated carbocycles. The normalized spacial score (nSPS) is 14.7. The van der Waals surface area contributed by atoms with Crippen LogP contribution in [0.2, 0.25) is 0 Å². The zero-order chi connectivity index (χ0) is 42.6. The number of aromatic nitrogens is 3. The Balaban J connectivity index is 1.28. The number of hydrogen-bond acceptors (Lipinski definition) is 5. The maximum absolute atomic E-state index is 9.49.